The molecule has 1 amide bonds. The van der Waals surface area contributed by atoms with Crippen LogP contribution in [0.2, 0.25) is 5.02 Å². The molecule has 0 bridgehead atoms. The fourth-order valence-electron chi connectivity index (χ4n) is 3.06. The quantitative estimate of drug-likeness (QED) is 0.372. The first kappa shape index (κ1) is 18.5. The second-order valence-electron chi connectivity index (χ2n) is 6.05. The zero-order chi connectivity index (χ0) is 19.4. The van der Waals surface area contributed by atoms with Gasteiger partial charge < -0.3 is 9.88 Å². The van der Waals surface area contributed by atoms with Gasteiger partial charge in [-0.05, 0) is 37.3 Å². The summed E-state index contributed by atoms with van der Waals surface area (Å²) in [5.41, 5.74) is 3.43. The predicted molar refractivity (Wildman–Crippen MR) is 111 cm³/mol. The number of aromatic nitrogens is 1. The molecule has 0 fully saturated rings. The highest BCUT2D eigenvalue weighted by Gasteiger charge is 2.15. The first-order chi connectivity index (χ1) is 13.0. The lowest BCUT2D eigenvalue weighted by Crippen LogP contribution is -2.13. The molecule has 4 nitrogen and oxygen atoms in total. The molecule has 0 saturated heterocycles. The van der Waals surface area contributed by atoms with Crippen molar-refractivity contribution >= 4 is 40.2 Å². The summed E-state index contributed by atoms with van der Waals surface area (Å²) in [7, 11) is 0. The maximum atomic E-state index is 12.6. The Morgan fingerprint density at radius 2 is 2.07 bits per heavy atom. The molecule has 5 heteroatoms. The molecule has 0 spiro atoms. The normalized spacial score (nSPS) is 11.2. The highest BCUT2D eigenvalue weighted by atomic mass is 35.5. The summed E-state index contributed by atoms with van der Waals surface area (Å²) < 4.78 is 2.11. The van der Waals surface area contributed by atoms with Gasteiger partial charge in [0.05, 0.1) is 0 Å². The van der Waals surface area contributed by atoms with E-state index in [-0.39, 0.29) is 5.57 Å². The Balaban J connectivity index is 2.03. The molecule has 0 atom stereocenters. The van der Waals surface area contributed by atoms with Gasteiger partial charge in [-0.3, -0.25) is 4.79 Å². The monoisotopic (exact) mass is 375 g/mol. The third-order valence-corrected chi connectivity index (χ3v) is 4.56. The topological polar surface area (TPSA) is 57.8 Å². The van der Waals surface area contributed by atoms with Crippen LogP contribution in [0.5, 0.6) is 0 Å². The number of anilines is 1. The summed E-state index contributed by atoms with van der Waals surface area (Å²) in [4.78, 5) is 12.6. The van der Waals surface area contributed by atoms with Crippen molar-refractivity contribution in [3.63, 3.8) is 0 Å². The van der Waals surface area contributed by atoms with E-state index in [1.54, 1.807) is 30.3 Å². The van der Waals surface area contributed by atoms with Crippen molar-refractivity contribution in [3.8, 4) is 6.07 Å². The smallest absolute Gasteiger partial charge is 0.266 e. The van der Waals surface area contributed by atoms with E-state index < -0.39 is 5.91 Å². The van der Waals surface area contributed by atoms with Crippen LogP contribution in [0.15, 0.2) is 66.8 Å². The van der Waals surface area contributed by atoms with Crippen molar-refractivity contribution in [3.05, 3.63) is 83.0 Å². The first-order valence-corrected chi connectivity index (χ1v) is 8.80. The van der Waals surface area contributed by atoms with E-state index in [0.717, 1.165) is 22.2 Å². The van der Waals surface area contributed by atoms with Gasteiger partial charge in [0.15, 0.2) is 0 Å². The van der Waals surface area contributed by atoms with Gasteiger partial charge in [-0.15, -0.1) is 6.58 Å². The Bertz CT molecular complexity index is 1100. The minimum Gasteiger partial charge on any atom is -0.340 e. The number of hydrogen-bond donors (Lipinski definition) is 1. The summed E-state index contributed by atoms with van der Waals surface area (Å²) in [6.07, 6.45) is 3.46. The van der Waals surface area contributed by atoms with E-state index in [0.29, 0.717) is 17.3 Å². The lowest BCUT2D eigenvalue weighted by molar-refractivity contribution is -0.112. The highest BCUT2D eigenvalue weighted by molar-refractivity contribution is 6.31. The Morgan fingerprint density at radius 3 is 2.78 bits per heavy atom. The van der Waals surface area contributed by atoms with Crippen molar-refractivity contribution in [2.45, 2.75) is 13.5 Å². The second-order valence-corrected chi connectivity index (χ2v) is 6.49. The van der Waals surface area contributed by atoms with Crippen LogP contribution in [0.3, 0.4) is 0 Å². The number of carbonyl (C=O) groups is 1. The third kappa shape index (κ3) is 3.79. The van der Waals surface area contributed by atoms with Crippen LogP contribution >= 0.6 is 11.6 Å². The molecule has 0 aliphatic carbocycles. The SMILES string of the molecule is C=CCn1c(C)c(/C=C(\C#N)C(=O)Nc2cccc(Cl)c2)c2ccccc21. The molecule has 2 aromatic carbocycles. The Labute approximate surface area is 163 Å². The van der Waals surface area contributed by atoms with E-state index >= 15 is 0 Å². The van der Waals surface area contributed by atoms with Crippen LogP contribution in [-0.4, -0.2) is 10.5 Å². The number of fused-ring (bicyclic) bond motifs is 1. The molecule has 0 aliphatic rings. The Kier molecular flexibility index (Phi) is 5.44. The van der Waals surface area contributed by atoms with E-state index in [2.05, 4.69) is 16.5 Å². The van der Waals surface area contributed by atoms with E-state index in [1.807, 2.05) is 43.3 Å². The number of benzene rings is 2. The number of carbonyl (C=O) groups excluding carboxylic acids is 1. The maximum Gasteiger partial charge on any atom is 0.266 e. The van der Waals surface area contributed by atoms with Crippen molar-refractivity contribution in [2.24, 2.45) is 0 Å². The molecule has 1 heterocycles. The van der Waals surface area contributed by atoms with Gasteiger partial charge in [0, 0.05) is 39.4 Å². The number of rotatable bonds is 5. The Morgan fingerprint density at radius 1 is 1.30 bits per heavy atom. The molecule has 0 unspecified atom stereocenters. The Hall–Kier alpha value is -3.29. The van der Waals surface area contributed by atoms with Crippen molar-refractivity contribution in [1.82, 2.24) is 4.57 Å². The number of halogens is 1. The molecular formula is C22H18ClN3O. The van der Waals surface area contributed by atoms with E-state index in [9.17, 15) is 10.1 Å². The number of para-hydroxylation sites is 1. The lowest BCUT2D eigenvalue weighted by atomic mass is 10.1. The maximum absolute atomic E-state index is 12.6. The largest absolute Gasteiger partial charge is 0.340 e. The van der Waals surface area contributed by atoms with Crippen LogP contribution in [0.4, 0.5) is 5.69 Å². The van der Waals surface area contributed by atoms with Crippen molar-refractivity contribution < 1.29 is 4.79 Å². The second kappa shape index (κ2) is 7.94. The zero-order valence-corrected chi connectivity index (χ0v) is 15.6. The molecule has 27 heavy (non-hydrogen) atoms. The number of allylic oxidation sites excluding steroid dienone is 1. The summed E-state index contributed by atoms with van der Waals surface area (Å²) >= 11 is 5.95. The van der Waals surface area contributed by atoms with Crippen molar-refractivity contribution in [2.75, 3.05) is 5.32 Å². The number of hydrogen-bond acceptors (Lipinski definition) is 2. The fourth-order valence-corrected chi connectivity index (χ4v) is 3.25. The predicted octanol–water partition coefficient (Wildman–Crippen LogP) is 5.33. The summed E-state index contributed by atoms with van der Waals surface area (Å²) in [6.45, 7) is 6.43. The van der Waals surface area contributed by atoms with Gasteiger partial charge in [0.1, 0.15) is 11.6 Å². The zero-order valence-electron chi connectivity index (χ0n) is 14.9. The number of nitriles is 1. The van der Waals surface area contributed by atoms with Crippen LogP contribution in [-0.2, 0) is 11.3 Å². The van der Waals surface area contributed by atoms with Gasteiger partial charge >= 0.3 is 0 Å². The lowest BCUT2D eigenvalue weighted by Gasteiger charge is -2.05. The van der Waals surface area contributed by atoms with Gasteiger partial charge in [-0.2, -0.15) is 5.26 Å². The minimum atomic E-state index is -0.472. The summed E-state index contributed by atoms with van der Waals surface area (Å²) in [5, 5.41) is 13.8. The number of amides is 1. The minimum absolute atomic E-state index is 0.0274. The molecule has 3 rings (SSSR count). The van der Waals surface area contributed by atoms with Crippen LogP contribution < -0.4 is 5.32 Å². The molecule has 0 aliphatic heterocycles. The van der Waals surface area contributed by atoms with Crippen LogP contribution in [0, 0.1) is 18.3 Å². The average Bonchev–Trinajstić information content (AvgIpc) is 2.92. The molecule has 0 radical (unpaired) electrons. The molecule has 134 valence electrons. The van der Waals surface area contributed by atoms with Gasteiger partial charge in [-0.1, -0.05) is 41.9 Å². The van der Waals surface area contributed by atoms with Gasteiger partial charge in [0.25, 0.3) is 5.91 Å². The van der Waals surface area contributed by atoms with Crippen LogP contribution in [0.1, 0.15) is 11.3 Å². The summed E-state index contributed by atoms with van der Waals surface area (Å²) in [6, 6.07) is 16.7. The third-order valence-electron chi connectivity index (χ3n) is 4.33. The number of nitrogens with one attached hydrogen (secondary N) is 1. The van der Waals surface area contributed by atoms with Crippen LogP contribution in [0.25, 0.3) is 17.0 Å². The first-order valence-electron chi connectivity index (χ1n) is 8.42. The standard InChI is InChI=1S/C22H18ClN3O/c1-3-11-26-15(2)20(19-9-4-5-10-21(19)26)12-16(14-24)22(27)25-18-8-6-7-17(23)13-18/h3-10,12-13H,1,11H2,2H3,(H,25,27)/b16-12+. The van der Waals surface area contributed by atoms with E-state index in [1.165, 1.54) is 0 Å². The van der Waals surface area contributed by atoms with Gasteiger partial charge in [-0.25, -0.2) is 0 Å². The highest BCUT2D eigenvalue weighted by Crippen LogP contribution is 2.28. The summed E-state index contributed by atoms with van der Waals surface area (Å²) in [5.74, 6) is -0.472. The fraction of sp³-hybridized carbons (Fsp3) is 0.0909. The van der Waals surface area contributed by atoms with Gasteiger partial charge in [0.2, 0.25) is 0 Å². The molecule has 1 aromatic heterocycles. The molecular weight excluding hydrogens is 358 g/mol. The van der Waals surface area contributed by atoms with Crippen molar-refractivity contribution in [1.29, 1.82) is 5.26 Å². The molecule has 1 N–H and O–H groups in total. The molecule has 0 saturated carbocycles. The number of nitrogens with zero attached hydrogens (tertiary/aromatic N) is 2. The molecule has 3 aromatic rings. The average molecular weight is 376 g/mol. The van der Waals surface area contributed by atoms with E-state index in [4.69, 9.17) is 11.6 Å².